The predicted molar refractivity (Wildman–Crippen MR) is 92.7 cm³/mol. The first kappa shape index (κ1) is 18.4. The lowest BCUT2D eigenvalue weighted by molar-refractivity contribution is -0.146. The summed E-state index contributed by atoms with van der Waals surface area (Å²) in [7, 11) is 0. The molecule has 0 N–H and O–H groups in total. The molecule has 1 atom stereocenters. The second-order valence-corrected chi connectivity index (χ2v) is 6.06. The van der Waals surface area contributed by atoms with Gasteiger partial charge in [0.15, 0.2) is 6.10 Å². The number of hydrogen-bond acceptors (Lipinski definition) is 5. The molecule has 3 rings (SSSR count). The number of nitrogens with zero attached hydrogens (tertiary/aromatic N) is 1. The maximum absolute atomic E-state index is 12.9. The summed E-state index contributed by atoms with van der Waals surface area (Å²) in [5.41, 5.74) is 0.823. The third-order valence-corrected chi connectivity index (χ3v) is 4.22. The van der Waals surface area contributed by atoms with Gasteiger partial charge in [-0.15, -0.1) is 0 Å². The highest BCUT2D eigenvalue weighted by Gasteiger charge is 2.35. The van der Waals surface area contributed by atoms with Crippen molar-refractivity contribution in [3.63, 3.8) is 0 Å². The van der Waals surface area contributed by atoms with Gasteiger partial charge in [-0.1, -0.05) is 12.1 Å². The SMILES string of the molecule is C[C@@H](OC(=O)CCN1C(=O)c2ccccc2C1=O)C(=O)c1ccc(F)cc1. The van der Waals surface area contributed by atoms with E-state index in [0.717, 1.165) is 17.0 Å². The van der Waals surface area contributed by atoms with Crippen LogP contribution in [-0.2, 0) is 9.53 Å². The average Bonchev–Trinajstić information content (AvgIpc) is 2.91. The van der Waals surface area contributed by atoms with Gasteiger partial charge < -0.3 is 4.74 Å². The molecule has 1 aliphatic heterocycles. The molecule has 27 heavy (non-hydrogen) atoms. The molecule has 0 aromatic heterocycles. The summed E-state index contributed by atoms with van der Waals surface area (Å²) in [4.78, 5) is 49.6. The lowest BCUT2D eigenvalue weighted by Gasteiger charge is -2.15. The first-order valence-electron chi connectivity index (χ1n) is 8.33. The molecule has 2 aromatic carbocycles. The number of esters is 1. The Bertz CT molecular complexity index is 887. The summed E-state index contributed by atoms with van der Waals surface area (Å²) in [5.74, 6) is -2.58. The topological polar surface area (TPSA) is 80.8 Å². The fourth-order valence-corrected chi connectivity index (χ4v) is 2.80. The van der Waals surface area contributed by atoms with Crippen LogP contribution in [0.25, 0.3) is 0 Å². The van der Waals surface area contributed by atoms with Gasteiger partial charge in [-0.05, 0) is 43.3 Å². The number of ether oxygens (including phenoxy) is 1. The van der Waals surface area contributed by atoms with Gasteiger partial charge in [-0.3, -0.25) is 24.1 Å². The molecule has 1 heterocycles. The van der Waals surface area contributed by atoms with Crippen molar-refractivity contribution in [2.45, 2.75) is 19.4 Å². The highest BCUT2D eigenvalue weighted by Crippen LogP contribution is 2.22. The Balaban J connectivity index is 1.56. The summed E-state index contributed by atoms with van der Waals surface area (Å²) in [6.45, 7) is 1.27. The van der Waals surface area contributed by atoms with Crippen LogP contribution in [0.5, 0.6) is 0 Å². The zero-order chi connectivity index (χ0) is 19.6. The Kier molecular flexibility index (Phi) is 5.12. The molecule has 1 aliphatic rings. The van der Waals surface area contributed by atoms with Gasteiger partial charge in [0, 0.05) is 12.1 Å². The zero-order valence-corrected chi connectivity index (χ0v) is 14.5. The molecule has 0 bridgehead atoms. The highest BCUT2D eigenvalue weighted by molar-refractivity contribution is 6.21. The molecule has 2 aromatic rings. The van der Waals surface area contributed by atoms with E-state index in [2.05, 4.69) is 0 Å². The van der Waals surface area contributed by atoms with Crippen molar-refractivity contribution in [1.82, 2.24) is 4.90 Å². The van der Waals surface area contributed by atoms with Crippen LogP contribution in [-0.4, -0.2) is 41.1 Å². The third kappa shape index (κ3) is 3.76. The first-order chi connectivity index (χ1) is 12.9. The van der Waals surface area contributed by atoms with Crippen molar-refractivity contribution in [2.24, 2.45) is 0 Å². The fraction of sp³-hybridized carbons (Fsp3) is 0.200. The average molecular weight is 369 g/mol. The summed E-state index contributed by atoms with van der Waals surface area (Å²) < 4.78 is 18.0. The van der Waals surface area contributed by atoms with E-state index in [4.69, 9.17) is 4.74 Å². The number of halogens is 1. The standard InChI is InChI=1S/C20H16FNO5/c1-12(18(24)13-6-8-14(21)9-7-13)27-17(23)10-11-22-19(25)15-4-2-3-5-16(15)20(22)26/h2-9,12H,10-11H2,1H3/t12-/m1/s1. The lowest BCUT2D eigenvalue weighted by atomic mass is 10.1. The largest absolute Gasteiger partial charge is 0.454 e. The Morgan fingerprint density at radius 3 is 2.11 bits per heavy atom. The van der Waals surface area contributed by atoms with Gasteiger partial charge in [-0.2, -0.15) is 0 Å². The molecule has 0 saturated heterocycles. The minimum atomic E-state index is -1.06. The van der Waals surface area contributed by atoms with E-state index < -0.39 is 35.5 Å². The maximum Gasteiger partial charge on any atom is 0.308 e. The summed E-state index contributed by atoms with van der Waals surface area (Å²) in [5, 5.41) is 0. The Hall–Kier alpha value is -3.35. The van der Waals surface area contributed by atoms with Crippen LogP contribution in [0.2, 0.25) is 0 Å². The summed E-state index contributed by atoms with van der Waals surface area (Å²) >= 11 is 0. The number of rotatable bonds is 6. The third-order valence-electron chi connectivity index (χ3n) is 4.22. The van der Waals surface area contributed by atoms with Crippen LogP contribution in [0.1, 0.15) is 44.4 Å². The molecule has 138 valence electrons. The molecule has 6 nitrogen and oxygen atoms in total. The van der Waals surface area contributed by atoms with Gasteiger partial charge in [0.2, 0.25) is 5.78 Å². The van der Waals surface area contributed by atoms with E-state index in [9.17, 15) is 23.6 Å². The van der Waals surface area contributed by atoms with Crippen LogP contribution in [0, 0.1) is 5.82 Å². The van der Waals surface area contributed by atoms with E-state index in [1.54, 1.807) is 24.3 Å². The zero-order valence-electron chi connectivity index (χ0n) is 14.5. The van der Waals surface area contributed by atoms with Crippen LogP contribution >= 0.6 is 0 Å². The smallest absolute Gasteiger partial charge is 0.308 e. The van der Waals surface area contributed by atoms with Crippen LogP contribution in [0.4, 0.5) is 4.39 Å². The predicted octanol–water partition coefficient (Wildman–Crippen LogP) is 2.63. The van der Waals surface area contributed by atoms with E-state index in [1.807, 2.05) is 0 Å². The highest BCUT2D eigenvalue weighted by atomic mass is 19.1. The van der Waals surface area contributed by atoms with Gasteiger partial charge in [-0.25, -0.2) is 4.39 Å². The second-order valence-electron chi connectivity index (χ2n) is 6.06. The molecular formula is C20H16FNO5. The molecule has 0 saturated carbocycles. The number of benzene rings is 2. The van der Waals surface area contributed by atoms with E-state index in [1.165, 1.54) is 19.1 Å². The van der Waals surface area contributed by atoms with Crippen LogP contribution < -0.4 is 0 Å². The van der Waals surface area contributed by atoms with Crippen molar-refractivity contribution in [3.05, 3.63) is 71.0 Å². The Labute approximate surface area is 154 Å². The maximum atomic E-state index is 12.9. The van der Waals surface area contributed by atoms with Crippen molar-refractivity contribution in [2.75, 3.05) is 6.54 Å². The van der Waals surface area contributed by atoms with Crippen LogP contribution in [0.3, 0.4) is 0 Å². The number of Topliss-reactive ketones (excluding diaryl/α,β-unsaturated/α-hetero) is 1. The number of carbonyl (C=O) groups is 4. The normalized spacial score (nSPS) is 14.1. The monoisotopic (exact) mass is 369 g/mol. The van der Waals surface area contributed by atoms with Crippen molar-refractivity contribution in [1.29, 1.82) is 0 Å². The van der Waals surface area contributed by atoms with Gasteiger partial charge in [0.1, 0.15) is 5.82 Å². The van der Waals surface area contributed by atoms with E-state index >= 15 is 0 Å². The first-order valence-corrected chi connectivity index (χ1v) is 8.33. The number of imide groups is 1. The number of ketones is 1. The van der Waals surface area contributed by atoms with Crippen LogP contribution in [0.15, 0.2) is 48.5 Å². The van der Waals surface area contributed by atoms with Crippen molar-refractivity contribution in [3.8, 4) is 0 Å². The lowest BCUT2D eigenvalue weighted by Crippen LogP contribution is -2.33. The minimum Gasteiger partial charge on any atom is -0.454 e. The molecule has 0 spiro atoms. The number of hydrogen-bond donors (Lipinski definition) is 0. The molecule has 7 heteroatoms. The molecule has 0 aliphatic carbocycles. The molecule has 2 amide bonds. The van der Waals surface area contributed by atoms with Gasteiger partial charge in [0.05, 0.1) is 17.5 Å². The number of amides is 2. The Morgan fingerprint density at radius 2 is 1.56 bits per heavy atom. The van der Waals surface area contributed by atoms with E-state index in [0.29, 0.717) is 11.1 Å². The van der Waals surface area contributed by atoms with Crippen molar-refractivity contribution >= 4 is 23.6 Å². The second kappa shape index (κ2) is 7.49. The summed E-state index contributed by atoms with van der Waals surface area (Å²) in [6.07, 6.45) is -1.29. The molecular weight excluding hydrogens is 353 g/mol. The van der Waals surface area contributed by atoms with E-state index in [-0.39, 0.29) is 18.5 Å². The molecule has 0 unspecified atom stereocenters. The van der Waals surface area contributed by atoms with Gasteiger partial charge in [0.25, 0.3) is 11.8 Å². The minimum absolute atomic E-state index is 0.136. The number of fused-ring (bicyclic) bond motifs is 1. The quantitative estimate of drug-likeness (QED) is 0.444. The molecule has 0 radical (unpaired) electrons. The number of carbonyl (C=O) groups excluding carboxylic acids is 4. The van der Waals surface area contributed by atoms with Crippen molar-refractivity contribution < 1.29 is 28.3 Å². The Morgan fingerprint density at radius 1 is 1.00 bits per heavy atom. The fourth-order valence-electron chi connectivity index (χ4n) is 2.80. The molecule has 0 fully saturated rings. The summed E-state index contributed by atoms with van der Waals surface area (Å²) in [6, 6.07) is 11.3. The van der Waals surface area contributed by atoms with Gasteiger partial charge >= 0.3 is 5.97 Å².